The van der Waals surface area contributed by atoms with Crippen molar-refractivity contribution in [2.75, 3.05) is 7.11 Å². The number of pyridine rings is 1. The Morgan fingerprint density at radius 3 is 2.81 bits per heavy atom. The van der Waals surface area contributed by atoms with Crippen LogP contribution in [0.15, 0.2) is 12.3 Å². The molecular weight excluding hydrogens is 264 g/mol. The summed E-state index contributed by atoms with van der Waals surface area (Å²) in [7, 11) is 1.69. The van der Waals surface area contributed by atoms with E-state index in [0.29, 0.717) is 12.0 Å². The summed E-state index contributed by atoms with van der Waals surface area (Å²) in [6, 6.07) is 2.73. The predicted molar refractivity (Wildman–Crippen MR) is 82.7 cm³/mol. The van der Waals surface area contributed by atoms with Crippen molar-refractivity contribution in [3.63, 3.8) is 0 Å². The van der Waals surface area contributed by atoms with Crippen LogP contribution in [-0.4, -0.2) is 27.7 Å². The minimum atomic E-state index is 0.315. The number of hydrogen-bond acceptors (Lipinski definition) is 4. The third-order valence-electron chi connectivity index (χ3n) is 4.16. The summed E-state index contributed by atoms with van der Waals surface area (Å²) in [5.41, 5.74) is 1.98. The molecule has 0 spiro atoms. The number of nitrogens with zero attached hydrogens (tertiary/aromatic N) is 3. The molecule has 3 rings (SSSR count). The molecule has 1 aliphatic rings. The fourth-order valence-electron chi connectivity index (χ4n) is 2.91. The second kappa shape index (κ2) is 6.02. The molecule has 0 bridgehead atoms. The molecule has 2 aromatic rings. The summed E-state index contributed by atoms with van der Waals surface area (Å²) >= 11 is 0. The summed E-state index contributed by atoms with van der Waals surface area (Å²) in [5, 5.41) is 8.19. The van der Waals surface area contributed by atoms with Gasteiger partial charge in [-0.1, -0.05) is 26.7 Å². The van der Waals surface area contributed by atoms with Gasteiger partial charge in [-0.05, 0) is 24.5 Å². The van der Waals surface area contributed by atoms with Crippen molar-refractivity contribution in [2.24, 2.45) is 0 Å². The first-order chi connectivity index (χ1) is 10.2. The lowest BCUT2D eigenvalue weighted by molar-refractivity contribution is 0.415. The average molecular weight is 288 g/mol. The number of hydrogen-bond donors (Lipinski definition) is 1. The van der Waals surface area contributed by atoms with Crippen LogP contribution >= 0.6 is 0 Å². The molecule has 0 aliphatic heterocycles. The Labute approximate surface area is 125 Å². The van der Waals surface area contributed by atoms with Gasteiger partial charge in [0.1, 0.15) is 0 Å². The van der Waals surface area contributed by atoms with Gasteiger partial charge in [-0.3, -0.25) is 0 Å². The zero-order chi connectivity index (χ0) is 14.8. The van der Waals surface area contributed by atoms with Gasteiger partial charge in [0, 0.05) is 24.7 Å². The highest BCUT2D eigenvalue weighted by molar-refractivity contribution is 5.54. The first kappa shape index (κ1) is 14.3. The minimum absolute atomic E-state index is 0.315. The minimum Gasteiger partial charge on any atom is -0.493 e. The fraction of sp³-hybridized carbons (Fsp3) is 0.625. The summed E-state index contributed by atoms with van der Waals surface area (Å²) < 4.78 is 7.33. The van der Waals surface area contributed by atoms with Gasteiger partial charge in [0.25, 0.3) is 0 Å². The van der Waals surface area contributed by atoms with E-state index in [1.165, 1.54) is 31.2 Å². The van der Waals surface area contributed by atoms with E-state index >= 15 is 0 Å². The maximum Gasteiger partial charge on any atom is 0.198 e. The summed E-state index contributed by atoms with van der Waals surface area (Å²) in [4.78, 5) is 4.57. The highest BCUT2D eigenvalue weighted by atomic mass is 16.5. The van der Waals surface area contributed by atoms with Crippen molar-refractivity contribution >= 4 is 5.65 Å². The van der Waals surface area contributed by atoms with Crippen molar-refractivity contribution in [3.05, 3.63) is 23.7 Å². The molecule has 0 atom stereocenters. The molecule has 5 nitrogen and oxygen atoms in total. The number of rotatable bonds is 5. The highest BCUT2D eigenvalue weighted by Crippen LogP contribution is 2.23. The average Bonchev–Trinajstić information content (AvgIpc) is 3.13. The first-order valence-corrected chi connectivity index (χ1v) is 7.84. The lowest BCUT2D eigenvalue weighted by atomic mass is 10.2. The van der Waals surface area contributed by atoms with Crippen LogP contribution in [0, 0.1) is 0 Å². The molecule has 1 N–H and O–H groups in total. The lowest BCUT2D eigenvalue weighted by Gasteiger charge is -2.12. The molecule has 0 unspecified atom stereocenters. The van der Waals surface area contributed by atoms with Gasteiger partial charge in [-0.15, -0.1) is 0 Å². The van der Waals surface area contributed by atoms with Gasteiger partial charge in [0.2, 0.25) is 0 Å². The number of methoxy groups -OCH3 is 1. The molecule has 1 fully saturated rings. The van der Waals surface area contributed by atoms with Crippen molar-refractivity contribution in [1.29, 1.82) is 0 Å². The monoisotopic (exact) mass is 288 g/mol. The van der Waals surface area contributed by atoms with E-state index in [0.717, 1.165) is 23.8 Å². The molecule has 114 valence electrons. The normalized spacial score (nSPS) is 16.2. The lowest BCUT2D eigenvalue weighted by Crippen LogP contribution is -2.25. The van der Waals surface area contributed by atoms with E-state index in [-0.39, 0.29) is 0 Å². The van der Waals surface area contributed by atoms with E-state index in [9.17, 15) is 0 Å². The maximum absolute atomic E-state index is 5.48. The summed E-state index contributed by atoms with van der Waals surface area (Å²) in [6.07, 6.45) is 7.33. The Morgan fingerprint density at radius 2 is 2.14 bits per heavy atom. The van der Waals surface area contributed by atoms with E-state index < -0.39 is 0 Å². The molecule has 0 saturated heterocycles. The van der Waals surface area contributed by atoms with Gasteiger partial charge in [0.15, 0.2) is 17.2 Å². The van der Waals surface area contributed by atoms with Crippen LogP contribution in [0.3, 0.4) is 0 Å². The largest absolute Gasteiger partial charge is 0.493 e. The highest BCUT2D eigenvalue weighted by Gasteiger charge is 2.16. The number of fused-ring (bicyclic) bond motifs is 1. The van der Waals surface area contributed by atoms with Crippen molar-refractivity contribution < 1.29 is 4.74 Å². The summed E-state index contributed by atoms with van der Waals surface area (Å²) in [5.74, 6) is 1.96. The SMILES string of the molecule is COc1cc(CNC2CCCC2)cn2nc(C(C)C)nc12. The fourth-order valence-corrected chi connectivity index (χ4v) is 2.91. The van der Waals surface area contributed by atoms with E-state index in [1.807, 2.05) is 4.52 Å². The van der Waals surface area contributed by atoms with Crippen LogP contribution in [0.4, 0.5) is 0 Å². The van der Waals surface area contributed by atoms with E-state index in [2.05, 4.69) is 41.5 Å². The molecule has 2 aromatic heterocycles. The first-order valence-electron chi connectivity index (χ1n) is 7.84. The maximum atomic E-state index is 5.48. The van der Waals surface area contributed by atoms with Crippen LogP contribution < -0.4 is 10.1 Å². The number of aromatic nitrogens is 3. The predicted octanol–water partition coefficient (Wildman–Crippen LogP) is 2.89. The Balaban J connectivity index is 1.85. The number of ether oxygens (including phenoxy) is 1. The van der Waals surface area contributed by atoms with Gasteiger partial charge in [-0.2, -0.15) is 5.10 Å². The Bertz CT molecular complexity index is 614. The van der Waals surface area contributed by atoms with Crippen LogP contribution in [-0.2, 0) is 6.54 Å². The topological polar surface area (TPSA) is 51.5 Å². The van der Waals surface area contributed by atoms with Crippen LogP contribution in [0.25, 0.3) is 5.65 Å². The molecule has 21 heavy (non-hydrogen) atoms. The molecule has 0 aromatic carbocycles. The zero-order valence-corrected chi connectivity index (χ0v) is 13.1. The smallest absolute Gasteiger partial charge is 0.198 e. The molecule has 0 radical (unpaired) electrons. The molecule has 1 saturated carbocycles. The van der Waals surface area contributed by atoms with Crippen LogP contribution in [0.2, 0.25) is 0 Å². The van der Waals surface area contributed by atoms with Crippen LogP contribution in [0.5, 0.6) is 5.75 Å². The van der Waals surface area contributed by atoms with Gasteiger partial charge >= 0.3 is 0 Å². The molecule has 5 heteroatoms. The quantitative estimate of drug-likeness (QED) is 0.919. The van der Waals surface area contributed by atoms with E-state index in [4.69, 9.17) is 4.74 Å². The molecule has 2 heterocycles. The summed E-state index contributed by atoms with van der Waals surface area (Å²) in [6.45, 7) is 5.06. The molecule has 0 amide bonds. The van der Waals surface area contributed by atoms with Gasteiger partial charge in [0.05, 0.1) is 7.11 Å². The Morgan fingerprint density at radius 1 is 1.38 bits per heavy atom. The van der Waals surface area contributed by atoms with Gasteiger partial charge < -0.3 is 10.1 Å². The Kier molecular flexibility index (Phi) is 4.10. The second-order valence-electron chi connectivity index (χ2n) is 6.17. The van der Waals surface area contributed by atoms with Crippen molar-refractivity contribution in [2.45, 2.75) is 58.0 Å². The van der Waals surface area contributed by atoms with Gasteiger partial charge in [-0.25, -0.2) is 9.50 Å². The third-order valence-corrected chi connectivity index (χ3v) is 4.16. The van der Waals surface area contributed by atoms with Crippen molar-refractivity contribution in [3.8, 4) is 5.75 Å². The van der Waals surface area contributed by atoms with Crippen LogP contribution in [0.1, 0.15) is 56.8 Å². The van der Waals surface area contributed by atoms with E-state index in [1.54, 1.807) is 7.11 Å². The third kappa shape index (κ3) is 3.02. The number of nitrogens with one attached hydrogen (secondary N) is 1. The second-order valence-corrected chi connectivity index (χ2v) is 6.17. The zero-order valence-electron chi connectivity index (χ0n) is 13.1. The molecular formula is C16H24N4O. The standard InChI is InChI=1S/C16H24N4O/c1-11(2)15-18-16-14(21-3)8-12(10-20(16)19-15)9-17-13-6-4-5-7-13/h8,10-11,13,17H,4-7,9H2,1-3H3. The molecule has 1 aliphatic carbocycles. The Hall–Kier alpha value is -1.62. The van der Waals surface area contributed by atoms with Crippen molar-refractivity contribution in [1.82, 2.24) is 19.9 Å².